The summed E-state index contributed by atoms with van der Waals surface area (Å²) in [6.45, 7) is 3.15. The van der Waals surface area contributed by atoms with Gasteiger partial charge in [0, 0.05) is 62.5 Å². The fourth-order valence-electron chi connectivity index (χ4n) is 8.76. The largest absolute Gasteiger partial charge is 0.490 e. The van der Waals surface area contributed by atoms with Gasteiger partial charge in [-0.1, -0.05) is 30.7 Å². The van der Waals surface area contributed by atoms with Gasteiger partial charge < -0.3 is 28.6 Å². The summed E-state index contributed by atoms with van der Waals surface area (Å²) in [5, 5.41) is 4.84. The molecule has 7 atom stereocenters. The average molecular weight is 824 g/mol. The molecule has 0 saturated heterocycles. The van der Waals surface area contributed by atoms with Gasteiger partial charge >= 0.3 is 5.97 Å². The Balaban J connectivity index is 1.34. The number of hydrogen-bond donors (Lipinski definition) is 1. The number of carbonyl (C=O) groups is 3. The molecule has 2 aliphatic carbocycles. The molecule has 2 amide bonds. The Hall–Kier alpha value is -4.44. The molecule has 306 valence electrons. The summed E-state index contributed by atoms with van der Waals surface area (Å²) in [5.41, 5.74) is 3.02. The molecule has 1 N–H and O–H groups in total. The van der Waals surface area contributed by atoms with Gasteiger partial charge in [0.15, 0.2) is 0 Å². The lowest BCUT2D eigenvalue weighted by molar-refractivity contribution is -0.152. The van der Waals surface area contributed by atoms with Gasteiger partial charge in [0.2, 0.25) is 5.88 Å². The minimum atomic E-state index is -3.90. The van der Waals surface area contributed by atoms with Gasteiger partial charge in [-0.25, -0.2) is 9.00 Å². The van der Waals surface area contributed by atoms with E-state index in [9.17, 15) is 18.6 Å². The number of halogens is 1. The van der Waals surface area contributed by atoms with E-state index < -0.39 is 39.7 Å². The highest BCUT2D eigenvalue weighted by atomic mass is 35.5. The maximum Gasteiger partial charge on any atom is 0.332 e. The topological polar surface area (TPSA) is 160 Å². The summed E-state index contributed by atoms with van der Waals surface area (Å²) >= 11 is 6.47. The quantitative estimate of drug-likeness (QED) is 0.243. The Morgan fingerprint density at radius 1 is 1.11 bits per heavy atom. The minimum absolute atomic E-state index is 0.00411. The molecule has 3 aromatic rings. The zero-order valence-electron chi connectivity index (χ0n) is 32.9. The summed E-state index contributed by atoms with van der Waals surface area (Å²) in [6, 6.07) is 11.3. The second kappa shape index (κ2) is 16.8. The number of benzene rings is 2. The van der Waals surface area contributed by atoms with Gasteiger partial charge in [0.1, 0.15) is 33.9 Å². The van der Waals surface area contributed by atoms with Crippen LogP contribution in [0.15, 0.2) is 59.1 Å². The van der Waals surface area contributed by atoms with Crippen LogP contribution < -0.4 is 19.1 Å². The second-order valence-electron chi connectivity index (χ2n) is 15.6. The van der Waals surface area contributed by atoms with E-state index in [1.165, 1.54) is 36.2 Å². The van der Waals surface area contributed by atoms with E-state index >= 15 is 0 Å². The number of ether oxygens (including phenoxy) is 5. The highest BCUT2D eigenvalue weighted by Crippen LogP contribution is 2.47. The van der Waals surface area contributed by atoms with Gasteiger partial charge in [-0.05, 0) is 91.5 Å². The molecule has 16 heteroatoms. The van der Waals surface area contributed by atoms with Crippen molar-refractivity contribution in [3.63, 3.8) is 0 Å². The van der Waals surface area contributed by atoms with Crippen molar-refractivity contribution < 1.29 is 42.3 Å². The number of hydrogen-bond acceptors (Lipinski definition) is 11. The van der Waals surface area contributed by atoms with Crippen molar-refractivity contribution in [3.05, 3.63) is 82.0 Å². The van der Waals surface area contributed by atoms with Crippen LogP contribution in [-0.2, 0) is 47.8 Å². The van der Waals surface area contributed by atoms with Crippen molar-refractivity contribution in [1.29, 1.82) is 0 Å². The zero-order valence-corrected chi connectivity index (χ0v) is 34.5. The molecule has 1 aromatic heterocycles. The van der Waals surface area contributed by atoms with Gasteiger partial charge in [-0.2, -0.15) is 0 Å². The highest BCUT2D eigenvalue weighted by molar-refractivity contribution is 7.92. The Bertz CT molecular complexity index is 2180. The number of aryl methyl sites for hydroxylation is 2. The van der Waals surface area contributed by atoms with E-state index in [0.29, 0.717) is 30.5 Å². The molecule has 1 spiro atoms. The molecule has 1 fully saturated rings. The molecule has 57 heavy (non-hydrogen) atoms. The van der Waals surface area contributed by atoms with Crippen LogP contribution in [-0.4, -0.2) is 97.4 Å². The molecule has 14 nitrogen and oxygen atoms in total. The third kappa shape index (κ3) is 8.57. The predicted molar refractivity (Wildman–Crippen MR) is 214 cm³/mol. The maximum absolute atomic E-state index is 15.0. The fraction of sp³-hybridized carbons (Fsp3) is 0.512. The van der Waals surface area contributed by atoms with Gasteiger partial charge in [-0.15, -0.1) is 9.46 Å². The molecule has 1 saturated carbocycles. The second-order valence-corrected chi connectivity index (χ2v) is 18.0. The number of nitrogens with one attached hydrogen (secondary N) is 1. The smallest absolute Gasteiger partial charge is 0.332 e. The molecule has 4 aliphatic rings. The van der Waals surface area contributed by atoms with Crippen molar-refractivity contribution in [2.75, 3.05) is 58.3 Å². The first-order chi connectivity index (χ1) is 27.3. The number of rotatable bonds is 7. The highest BCUT2D eigenvalue weighted by Gasteiger charge is 2.44. The van der Waals surface area contributed by atoms with Crippen LogP contribution in [0.3, 0.4) is 0 Å². The van der Waals surface area contributed by atoms with Crippen LogP contribution in [0.5, 0.6) is 11.6 Å². The lowest BCUT2D eigenvalue weighted by Gasteiger charge is -2.46. The minimum Gasteiger partial charge on any atom is -0.490 e. The molecule has 1 unspecified atom stereocenters. The molecular weight excluding hydrogens is 774 g/mol. The molecule has 0 radical (unpaired) electrons. The number of methoxy groups -OCH3 is 3. The van der Waals surface area contributed by atoms with Crippen LogP contribution in [0.1, 0.15) is 64.4 Å². The molecule has 7 rings (SSSR count). The maximum atomic E-state index is 15.0. The number of esters is 1. The number of carbonyl (C=O) groups excluding carboxylic acids is 3. The summed E-state index contributed by atoms with van der Waals surface area (Å²) in [7, 11) is 2.13. The first kappa shape index (κ1) is 40.7. The van der Waals surface area contributed by atoms with E-state index in [1.54, 1.807) is 45.4 Å². The molecular formula is C41H50ClN5O9S. The van der Waals surface area contributed by atoms with E-state index in [2.05, 4.69) is 31.2 Å². The normalized spacial score (nSPS) is 29.1. The first-order valence-corrected chi connectivity index (χ1v) is 21.3. The predicted octanol–water partition coefficient (Wildman–Crippen LogP) is 5.31. The van der Waals surface area contributed by atoms with Crippen molar-refractivity contribution in [1.82, 2.24) is 14.5 Å². The third-order valence-corrected chi connectivity index (χ3v) is 13.9. The van der Waals surface area contributed by atoms with Gasteiger partial charge in [0.05, 0.1) is 31.3 Å². The Morgan fingerprint density at radius 3 is 2.65 bits per heavy atom. The first-order valence-electron chi connectivity index (χ1n) is 19.2. The van der Waals surface area contributed by atoms with Crippen molar-refractivity contribution in [3.8, 4) is 11.6 Å². The summed E-state index contributed by atoms with van der Waals surface area (Å²) in [5.74, 6) is -2.26. The van der Waals surface area contributed by atoms with E-state index in [1.807, 2.05) is 12.1 Å². The summed E-state index contributed by atoms with van der Waals surface area (Å²) in [6.07, 6.45) is 8.53. The average Bonchev–Trinajstić information content (AvgIpc) is 3.49. The zero-order chi connectivity index (χ0) is 40.5. The van der Waals surface area contributed by atoms with Crippen molar-refractivity contribution in [2.45, 2.75) is 56.7 Å². The number of fused-ring (bicyclic) bond motifs is 4. The molecule has 2 bridgehead atoms. The fourth-order valence-corrected chi connectivity index (χ4v) is 10.8. The summed E-state index contributed by atoms with van der Waals surface area (Å²) < 4.78 is 52.0. The van der Waals surface area contributed by atoms with Crippen LogP contribution in [0.25, 0.3) is 0 Å². The van der Waals surface area contributed by atoms with E-state index in [0.717, 1.165) is 37.8 Å². The number of nitrogens with zero attached hydrogens (tertiary/aromatic N) is 4. The van der Waals surface area contributed by atoms with E-state index in [-0.39, 0.29) is 52.7 Å². The monoisotopic (exact) mass is 823 g/mol. The molecule has 2 aromatic carbocycles. The standard InChI is InChI=1S/C41H50ClN5O9S/c1-25-22-57(51,45-39(50)31-20-46(2)43-40(31)54-5)44-38(49)27-9-13-36-33(18-27)47(23-41(24-55-36)16-6-7-26-17-29(42)10-12-32(26)41)19-28-8-11-30(28)35(53-4)15-14-34(25)56-37(48)21-52-3/h9-10,12-15,17-18,20,25,28,30,34-35H,6-8,11,16,19,21-24H2,1-5H3,(H,44,45,49,50,51)/b15-14+/t25-,28+,30-,34+,35+,41+,57?/m1/s1. The van der Waals surface area contributed by atoms with E-state index in [4.69, 9.17) is 35.3 Å². The Morgan fingerprint density at radius 2 is 1.91 bits per heavy atom. The van der Waals surface area contributed by atoms with Gasteiger partial charge in [0.25, 0.3) is 11.8 Å². The number of amides is 2. The SMILES string of the molecule is COCC(=O)O[C@H]1/C=C/[C@H](OC)[C@@H]2CC[C@H]2CN2C[C@@]3(CCCc4cc(Cl)ccc43)COc3ccc(cc32)C(=O)N=S(=O)(NC(=O)c2cn(C)nc2OC)C[C@H]1C. The van der Waals surface area contributed by atoms with Crippen LogP contribution in [0.4, 0.5) is 5.69 Å². The number of anilines is 1. The summed E-state index contributed by atoms with van der Waals surface area (Å²) in [4.78, 5) is 43.1. The van der Waals surface area contributed by atoms with Crippen molar-refractivity contribution in [2.24, 2.45) is 29.2 Å². The lowest BCUT2D eigenvalue weighted by atomic mass is 9.68. The Kier molecular flexibility index (Phi) is 12.0. The number of aromatic nitrogens is 2. The van der Waals surface area contributed by atoms with Gasteiger partial charge in [-0.3, -0.25) is 19.0 Å². The molecule has 3 heterocycles. The lowest BCUT2D eigenvalue weighted by Crippen LogP contribution is -2.49. The van der Waals surface area contributed by atoms with Crippen LogP contribution >= 0.6 is 11.6 Å². The van der Waals surface area contributed by atoms with Crippen LogP contribution in [0.2, 0.25) is 5.02 Å². The van der Waals surface area contributed by atoms with Crippen LogP contribution in [0, 0.1) is 17.8 Å². The van der Waals surface area contributed by atoms with Crippen molar-refractivity contribution >= 4 is 45.0 Å². The Labute approximate surface area is 338 Å². The third-order valence-electron chi connectivity index (χ3n) is 11.7. The molecule has 2 aliphatic heterocycles.